The van der Waals surface area contributed by atoms with Gasteiger partial charge in [0.2, 0.25) is 0 Å². The highest BCUT2D eigenvalue weighted by atomic mass is 35.5. The van der Waals surface area contributed by atoms with E-state index in [-0.39, 0.29) is 5.91 Å². The first-order valence-corrected chi connectivity index (χ1v) is 9.38. The fourth-order valence-corrected chi connectivity index (χ4v) is 3.41. The van der Waals surface area contributed by atoms with E-state index in [0.29, 0.717) is 28.6 Å². The largest absolute Gasteiger partial charge is 0.496 e. The lowest BCUT2D eigenvalue weighted by atomic mass is 10.1. The predicted molar refractivity (Wildman–Crippen MR) is 104 cm³/mol. The standard InChI is InChI=1S/C20H18ClNO3S/c1-24-19-9-4-14(20(23)22-12-17-3-2-10-25-17)11-15(19)13-26-18-7-5-16(21)6-8-18/h2-11H,12-13H2,1H3,(H,22,23). The molecule has 1 N–H and O–H groups in total. The van der Waals surface area contributed by atoms with Crippen molar-refractivity contribution in [3.63, 3.8) is 0 Å². The highest BCUT2D eigenvalue weighted by Gasteiger charge is 2.11. The molecule has 0 unspecified atom stereocenters. The monoisotopic (exact) mass is 387 g/mol. The summed E-state index contributed by atoms with van der Waals surface area (Å²) < 4.78 is 10.7. The highest BCUT2D eigenvalue weighted by Crippen LogP contribution is 2.29. The van der Waals surface area contributed by atoms with Gasteiger partial charge in [0, 0.05) is 26.8 Å². The van der Waals surface area contributed by atoms with Gasteiger partial charge < -0.3 is 14.5 Å². The van der Waals surface area contributed by atoms with Crippen molar-refractivity contribution in [2.75, 3.05) is 7.11 Å². The number of benzene rings is 2. The van der Waals surface area contributed by atoms with Gasteiger partial charge in [-0.05, 0) is 54.6 Å². The molecule has 4 nitrogen and oxygen atoms in total. The van der Waals surface area contributed by atoms with Crippen molar-refractivity contribution < 1.29 is 13.9 Å². The zero-order valence-electron chi connectivity index (χ0n) is 14.2. The SMILES string of the molecule is COc1ccc(C(=O)NCc2ccco2)cc1CSc1ccc(Cl)cc1. The Morgan fingerprint density at radius 1 is 1.19 bits per heavy atom. The van der Waals surface area contributed by atoms with Crippen LogP contribution in [0.25, 0.3) is 0 Å². The van der Waals surface area contributed by atoms with Crippen LogP contribution in [0, 0.1) is 0 Å². The molecule has 2 aromatic carbocycles. The minimum Gasteiger partial charge on any atom is -0.496 e. The molecule has 1 heterocycles. The Kier molecular flexibility index (Phi) is 6.26. The van der Waals surface area contributed by atoms with Crippen molar-refractivity contribution in [1.29, 1.82) is 0 Å². The van der Waals surface area contributed by atoms with Crippen LogP contribution in [0.2, 0.25) is 5.02 Å². The lowest BCUT2D eigenvalue weighted by molar-refractivity contribution is 0.0948. The van der Waals surface area contributed by atoms with E-state index in [2.05, 4.69) is 5.32 Å². The van der Waals surface area contributed by atoms with Gasteiger partial charge in [0.05, 0.1) is 19.9 Å². The summed E-state index contributed by atoms with van der Waals surface area (Å²) in [5, 5.41) is 3.56. The molecule has 26 heavy (non-hydrogen) atoms. The summed E-state index contributed by atoms with van der Waals surface area (Å²) in [4.78, 5) is 13.5. The molecule has 0 aliphatic rings. The maximum Gasteiger partial charge on any atom is 0.251 e. The average Bonchev–Trinajstić information content (AvgIpc) is 3.19. The van der Waals surface area contributed by atoms with E-state index in [1.54, 1.807) is 37.3 Å². The molecule has 3 aromatic rings. The Hall–Kier alpha value is -2.37. The Labute approximate surface area is 161 Å². The van der Waals surface area contributed by atoms with Gasteiger partial charge in [-0.15, -0.1) is 11.8 Å². The number of carbonyl (C=O) groups is 1. The number of halogens is 1. The lowest BCUT2D eigenvalue weighted by Gasteiger charge is -2.11. The van der Waals surface area contributed by atoms with Gasteiger partial charge in [0.15, 0.2) is 0 Å². The van der Waals surface area contributed by atoms with Crippen molar-refractivity contribution in [2.45, 2.75) is 17.2 Å². The molecule has 0 aliphatic carbocycles. The number of methoxy groups -OCH3 is 1. The molecule has 0 saturated heterocycles. The van der Waals surface area contributed by atoms with Crippen LogP contribution in [0.5, 0.6) is 5.75 Å². The Balaban J connectivity index is 1.68. The topological polar surface area (TPSA) is 51.5 Å². The number of hydrogen-bond acceptors (Lipinski definition) is 4. The number of nitrogens with one attached hydrogen (secondary N) is 1. The maximum atomic E-state index is 12.4. The van der Waals surface area contributed by atoms with E-state index in [0.717, 1.165) is 16.2 Å². The molecule has 0 fully saturated rings. The summed E-state index contributed by atoms with van der Waals surface area (Å²) in [5.74, 6) is 2.01. The summed E-state index contributed by atoms with van der Waals surface area (Å²) in [6.45, 7) is 0.354. The second-order valence-corrected chi connectivity index (χ2v) is 7.02. The molecule has 3 rings (SSSR count). The lowest BCUT2D eigenvalue weighted by Crippen LogP contribution is -2.22. The van der Waals surface area contributed by atoms with E-state index in [4.69, 9.17) is 20.8 Å². The molecule has 0 spiro atoms. The van der Waals surface area contributed by atoms with Crippen molar-refractivity contribution in [1.82, 2.24) is 5.32 Å². The van der Waals surface area contributed by atoms with Crippen LogP contribution < -0.4 is 10.1 Å². The third kappa shape index (κ3) is 4.84. The average molecular weight is 388 g/mol. The van der Waals surface area contributed by atoms with Crippen LogP contribution in [0.15, 0.2) is 70.2 Å². The van der Waals surface area contributed by atoms with Crippen molar-refractivity contribution in [3.8, 4) is 5.75 Å². The van der Waals surface area contributed by atoms with Crippen molar-refractivity contribution in [3.05, 3.63) is 82.8 Å². The zero-order valence-corrected chi connectivity index (χ0v) is 15.8. The maximum absolute atomic E-state index is 12.4. The fraction of sp³-hybridized carbons (Fsp3) is 0.150. The molecule has 1 aromatic heterocycles. The number of carbonyl (C=O) groups excluding carboxylic acids is 1. The van der Waals surface area contributed by atoms with Crippen molar-refractivity contribution in [2.24, 2.45) is 0 Å². The number of amides is 1. The first-order valence-electron chi connectivity index (χ1n) is 8.01. The van der Waals surface area contributed by atoms with Gasteiger partial charge >= 0.3 is 0 Å². The molecule has 0 bridgehead atoms. The molecule has 0 atom stereocenters. The summed E-state index contributed by atoms with van der Waals surface area (Å²) >= 11 is 7.58. The molecular weight excluding hydrogens is 370 g/mol. The van der Waals surface area contributed by atoms with Crippen LogP contribution in [0.3, 0.4) is 0 Å². The highest BCUT2D eigenvalue weighted by molar-refractivity contribution is 7.98. The van der Waals surface area contributed by atoms with Crippen molar-refractivity contribution >= 4 is 29.3 Å². The summed E-state index contributed by atoms with van der Waals surface area (Å²) in [6, 6.07) is 16.7. The smallest absolute Gasteiger partial charge is 0.251 e. The van der Waals surface area contributed by atoms with Crippen LogP contribution in [-0.2, 0) is 12.3 Å². The molecule has 6 heteroatoms. The van der Waals surface area contributed by atoms with Gasteiger partial charge in [0.1, 0.15) is 11.5 Å². The van der Waals surface area contributed by atoms with E-state index >= 15 is 0 Å². The molecule has 1 amide bonds. The third-order valence-electron chi connectivity index (χ3n) is 3.75. The number of hydrogen-bond donors (Lipinski definition) is 1. The van der Waals surface area contributed by atoms with E-state index < -0.39 is 0 Å². The third-order valence-corrected chi connectivity index (χ3v) is 5.07. The van der Waals surface area contributed by atoms with E-state index in [1.807, 2.05) is 42.5 Å². The number of thioether (sulfide) groups is 1. The normalized spacial score (nSPS) is 10.5. The predicted octanol–water partition coefficient (Wildman–Crippen LogP) is 5.16. The van der Waals surface area contributed by atoms with Gasteiger partial charge in [-0.3, -0.25) is 4.79 Å². The van der Waals surface area contributed by atoms with E-state index in [1.165, 1.54) is 0 Å². The first kappa shape index (κ1) is 18.4. The molecule has 0 saturated carbocycles. The van der Waals surface area contributed by atoms with E-state index in [9.17, 15) is 4.79 Å². The second kappa shape index (κ2) is 8.83. The van der Waals surface area contributed by atoms with Gasteiger partial charge in [-0.2, -0.15) is 0 Å². The zero-order chi connectivity index (χ0) is 18.4. The van der Waals surface area contributed by atoms with Crippen LogP contribution in [0.1, 0.15) is 21.7 Å². The molecule has 0 aliphatic heterocycles. The number of furan rings is 1. The molecule has 0 radical (unpaired) electrons. The first-order chi connectivity index (χ1) is 12.7. The summed E-state index contributed by atoms with van der Waals surface area (Å²) in [5.41, 5.74) is 1.54. The van der Waals surface area contributed by atoms with Gasteiger partial charge in [0.25, 0.3) is 5.91 Å². The second-order valence-electron chi connectivity index (χ2n) is 5.53. The van der Waals surface area contributed by atoms with Crippen LogP contribution >= 0.6 is 23.4 Å². The molecule has 134 valence electrons. The quantitative estimate of drug-likeness (QED) is 0.568. The number of rotatable bonds is 7. The minimum absolute atomic E-state index is 0.151. The Morgan fingerprint density at radius 3 is 2.69 bits per heavy atom. The van der Waals surface area contributed by atoms with Gasteiger partial charge in [-0.1, -0.05) is 11.6 Å². The van der Waals surface area contributed by atoms with Gasteiger partial charge in [-0.25, -0.2) is 0 Å². The summed E-state index contributed by atoms with van der Waals surface area (Å²) in [6.07, 6.45) is 1.58. The Bertz CT molecular complexity index is 863. The van der Waals surface area contributed by atoms with Crippen LogP contribution in [-0.4, -0.2) is 13.0 Å². The summed E-state index contributed by atoms with van der Waals surface area (Å²) in [7, 11) is 1.63. The Morgan fingerprint density at radius 2 is 2.00 bits per heavy atom. The number of ether oxygens (including phenoxy) is 1. The molecular formula is C20H18ClNO3S. The van der Waals surface area contributed by atoms with Crippen LogP contribution in [0.4, 0.5) is 0 Å². The fourth-order valence-electron chi connectivity index (χ4n) is 2.41. The minimum atomic E-state index is -0.151.